The Morgan fingerprint density at radius 2 is 0.726 bits per heavy atom. The Labute approximate surface area is 385 Å². The molecule has 0 saturated heterocycles. The lowest BCUT2D eigenvalue weighted by Gasteiger charge is -2.18. The Balaban J connectivity index is 4.31. The van der Waals surface area contributed by atoms with Crippen LogP contribution in [0.2, 0.25) is 0 Å². The topological polar surface area (TPSA) is 61.8 Å². The van der Waals surface area contributed by atoms with Crippen LogP contribution in [0.5, 0.6) is 0 Å². The fourth-order valence-electron chi connectivity index (χ4n) is 7.56. The van der Waals surface area contributed by atoms with Gasteiger partial charge in [0.2, 0.25) is 0 Å². The average molecular weight is 867 g/mol. The Morgan fingerprint density at radius 3 is 1.23 bits per heavy atom. The van der Waals surface area contributed by atoms with E-state index in [2.05, 4.69) is 81.5 Å². The van der Waals surface area contributed by atoms with Crippen molar-refractivity contribution in [3.63, 3.8) is 0 Å². The van der Waals surface area contributed by atoms with Crippen LogP contribution in [0.25, 0.3) is 0 Å². The van der Waals surface area contributed by atoms with Crippen molar-refractivity contribution >= 4 is 11.9 Å². The van der Waals surface area contributed by atoms with E-state index in [-0.39, 0.29) is 25.2 Å². The zero-order chi connectivity index (χ0) is 44.9. The van der Waals surface area contributed by atoms with Crippen LogP contribution in [0.3, 0.4) is 0 Å². The van der Waals surface area contributed by atoms with E-state index in [4.69, 9.17) is 14.2 Å². The molecule has 0 heterocycles. The van der Waals surface area contributed by atoms with Crippen LogP contribution in [-0.4, -0.2) is 37.9 Å². The van der Waals surface area contributed by atoms with E-state index in [9.17, 15) is 9.59 Å². The Kier molecular flexibility index (Phi) is 50.9. The maximum atomic E-state index is 12.8. The summed E-state index contributed by atoms with van der Waals surface area (Å²) in [6, 6.07) is 0. The van der Waals surface area contributed by atoms with Crippen LogP contribution in [0.1, 0.15) is 265 Å². The quantitative estimate of drug-likeness (QED) is 0.0346. The second-order valence-electron chi connectivity index (χ2n) is 17.8. The summed E-state index contributed by atoms with van der Waals surface area (Å²) in [6.45, 7) is 7.69. The highest BCUT2D eigenvalue weighted by atomic mass is 16.6. The van der Waals surface area contributed by atoms with Crippen LogP contribution in [-0.2, 0) is 23.8 Å². The molecule has 0 aromatic heterocycles. The Hall–Kier alpha value is -2.40. The average Bonchev–Trinajstić information content (AvgIpc) is 3.27. The molecule has 0 spiro atoms. The molecule has 360 valence electrons. The van der Waals surface area contributed by atoms with Crippen molar-refractivity contribution < 1.29 is 23.8 Å². The summed E-state index contributed by atoms with van der Waals surface area (Å²) in [5.41, 5.74) is 0. The van der Waals surface area contributed by atoms with Crippen LogP contribution in [0.15, 0.2) is 60.8 Å². The molecule has 0 aliphatic carbocycles. The fraction of sp³-hybridized carbons (Fsp3) is 0.789. The molecule has 0 rings (SSSR count). The first-order valence-electron chi connectivity index (χ1n) is 26.8. The van der Waals surface area contributed by atoms with Gasteiger partial charge in [-0.15, -0.1) is 0 Å². The molecule has 62 heavy (non-hydrogen) atoms. The van der Waals surface area contributed by atoms with Gasteiger partial charge in [0.05, 0.1) is 6.61 Å². The molecular formula is C57H102O5. The first kappa shape index (κ1) is 59.6. The first-order chi connectivity index (χ1) is 30.6. The molecular weight excluding hydrogens is 765 g/mol. The number of esters is 2. The minimum atomic E-state index is -0.553. The number of hydrogen-bond acceptors (Lipinski definition) is 5. The molecule has 0 aromatic rings. The summed E-state index contributed by atoms with van der Waals surface area (Å²) in [6.07, 6.45) is 66.6. The molecule has 0 amide bonds. The lowest BCUT2D eigenvalue weighted by molar-refractivity contribution is -0.163. The number of allylic oxidation sites excluding steroid dienone is 10. The zero-order valence-corrected chi connectivity index (χ0v) is 41.4. The predicted octanol–water partition coefficient (Wildman–Crippen LogP) is 18.1. The third-order valence-electron chi connectivity index (χ3n) is 11.5. The zero-order valence-electron chi connectivity index (χ0n) is 41.4. The van der Waals surface area contributed by atoms with E-state index in [1.807, 2.05) is 0 Å². The summed E-state index contributed by atoms with van der Waals surface area (Å²) in [4.78, 5) is 25.4. The first-order valence-corrected chi connectivity index (χ1v) is 26.8. The second kappa shape index (κ2) is 52.9. The van der Waals surface area contributed by atoms with Gasteiger partial charge in [0.1, 0.15) is 6.61 Å². The number of hydrogen-bond donors (Lipinski definition) is 0. The van der Waals surface area contributed by atoms with Gasteiger partial charge in [-0.05, 0) is 83.5 Å². The van der Waals surface area contributed by atoms with Crippen molar-refractivity contribution in [2.24, 2.45) is 0 Å². The van der Waals surface area contributed by atoms with Gasteiger partial charge < -0.3 is 14.2 Å². The van der Waals surface area contributed by atoms with Crippen LogP contribution >= 0.6 is 0 Å². The smallest absolute Gasteiger partial charge is 0.306 e. The van der Waals surface area contributed by atoms with Crippen molar-refractivity contribution in [1.82, 2.24) is 0 Å². The van der Waals surface area contributed by atoms with Gasteiger partial charge in [-0.2, -0.15) is 0 Å². The molecule has 0 aliphatic rings. The largest absolute Gasteiger partial charge is 0.462 e. The molecule has 0 N–H and O–H groups in total. The van der Waals surface area contributed by atoms with E-state index < -0.39 is 6.10 Å². The molecule has 0 saturated carbocycles. The second-order valence-corrected chi connectivity index (χ2v) is 17.8. The summed E-state index contributed by atoms with van der Waals surface area (Å²) in [7, 11) is 0. The monoisotopic (exact) mass is 867 g/mol. The molecule has 5 nitrogen and oxygen atoms in total. The maximum Gasteiger partial charge on any atom is 0.306 e. The molecule has 0 fully saturated rings. The lowest BCUT2D eigenvalue weighted by Crippen LogP contribution is -2.30. The Morgan fingerprint density at radius 1 is 0.371 bits per heavy atom. The van der Waals surface area contributed by atoms with Crippen molar-refractivity contribution in [1.29, 1.82) is 0 Å². The summed E-state index contributed by atoms with van der Waals surface area (Å²) >= 11 is 0. The van der Waals surface area contributed by atoms with Gasteiger partial charge in [-0.1, -0.05) is 229 Å². The van der Waals surface area contributed by atoms with E-state index in [1.54, 1.807) is 0 Å². The number of rotatable bonds is 49. The van der Waals surface area contributed by atoms with Crippen molar-refractivity contribution in [3.05, 3.63) is 60.8 Å². The summed E-state index contributed by atoms with van der Waals surface area (Å²) in [5.74, 6) is -0.441. The van der Waals surface area contributed by atoms with Gasteiger partial charge in [0.15, 0.2) is 6.10 Å². The summed E-state index contributed by atoms with van der Waals surface area (Å²) in [5, 5.41) is 0. The minimum absolute atomic E-state index is 0.0639. The molecule has 0 aromatic carbocycles. The highest BCUT2D eigenvalue weighted by Gasteiger charge is 2.17. The predicted molar refractivity (Wildman–Crippen MR) is 270 cm³/mol. The summed E-state index contributed by atoms with van der Waals surface area (Å²) < 4.78 is 17.4. The number of carbonyl (C=O) groups excluding carboxylic acids is 2. The van der Waals surface area contributed by atoms with Crippen molar-refractivity contribution in [2.45, 2.75) is 271 Å². The van der Waals surface area contributed by atoms with Gasteiger partial charge >= 0.3 is 11.9 Å². The van der Waals surface area contributed by atoms with Crippen LogP contribution < -0.4 is 0 Å². The number of unbranched alkanes of at least 4 members (excludes halogenated alkanes) is 28. The highest BCUT2D eigenvalue weighted by Crippen LogP contribution is 2.15. The maximum absolute atomic E-state index is 12.8. The van der Waals surface area contributed by atoms with Crippen LogP contribution in [0.4, 0.5) is 0 Å². The molecule has 0 unspecified atom stereocenters. The lowest BCUT2D eigenvalue weighted by atomic mass is 10.0. The van der Waals surface area contributed by atoms with E-state index in [0.29, 0.717) is 19.4 Å². The van der Waals surface area contributed by atoms with Crippen molar-refractivity contribution in [3.8, 4) is 0 Å². The van der Waals surface area contributed by atoms with Crippen LogP contribution in [0, 0.1) is 0 Å². The normalized spacial score (nSPS) is 12.6. The van der Waals surface area contributed by atoms with E-state index in [1.165, 1.54) is 154 Å². The van der Waals surface area contributed by atoms with Gasteiger partial charge in [-0.25, -0.2) is 0 Å². The minimum Gasteiger partial charge on any atom is -0.462 e. The number of ether oxygens (including phenoxy) is 3. The standard InChI is InChI=1S/C57H102O5/c1-4-7-10-13-16-19-22-25-28-31-34-37-40-43-46-49-52-60-53-55(62-57(59)51-48-45-42-39-36-33-30-27-24-21-18-15-12-9-6-3)54-61-56(58)50-47-44-41-38-35-32-29-26-23-20-17-14-11-8-5-2/h8,11,17,20-21,24,26,29,35,38,55H,4-7,9-10,12-16,18-19,22-23,25,27-28,30-34,36-37,39-54H2,1-3H3/b11-8-,20-17-,24-21-,29-26-,38-35-/t55-/m1/s1. The molecule has 0 aliphatic heterocycles. The van der Waals surface area contributed by atoms with Gasteiger partial charge in [-0.3, -0.25) is 9.59 Å². The number of carbonyl (C=O) groups is 2. The molecule has 0 bridgehead atoms. The fourth-order valence-corrected chi connectivity index (χ4v) is 7.56. The highest BCUT2D eigenvalue weighted by molar-refractivity contribution is 5.70. The van der Waals surface area contributed by atoms with Gasteiger partial charge in [0, 0.05) is 19.4 Å². The Bertz CT molecular complexity index is 1070. The third-order valence-corrected chi connectivity index (χ3v) is 11.5. The molecule has 5 heteroatoms. The van der Waals surface area contributed by atoms with Gasteiger partial charge in [0.25, 0.3) is 0 Å². The van der Waals surface area contributed by atoms with E-state index in [0.717, 1.165) is 77.0 Å². The molecule has 1 atom stereocenters. The van der Waals surface area contributed by atoms with E-state index >= 15 is 0 Å². The third kappa shape index (κ3) is 50.2. The SMILES string of the molecule is CC/C=C\C/C=C\C/C=C\C/C=C\CCCCC(=O)OC[C@@H](COCCCCCCCCCCCCCCCCCC)OC(=O)CCCCCCCCC/C=C\CCCCCC. The van der Waals surface area contributed by atoms with Crippen molar-refractivity contribution in [2.75, 3.05) is 19.8 Å². The molecule has 0 radical (unpaired) electrons.